The Morgan fingerprint density at radius 2 is 2.14 bits per heavy atom. The summed E-state index contributed by atoms with van der Waals surface area (Å²) < 4.78 is 38.1. The average Bonchev–Trinajstić information content (AvgIpc) is 2.83. The van der Waals surface area contributed by atoms with Crippen molar-refractivity contribution >= 4 is 5.91 Å². The fourth-order valence-corrected chi connectivity index (χ4v) is 3.51. The van der Waals surface area contributed by atoms with Crippen LogP contribution in [0.4, 0.5) is 13.2 Å². The molecule has 0 bridgehead atoms. The molecule has 0 aromatic heterocycles. The number of carbonyl (C=O) groups is 1. The van der Waals surface area contributed by atoms with Crippen molar-refractivity contribution in [3.8, 4) is 6.07 Å². The quantitative estimate of drug-likeness (QED) is 0.738. The van der Waals surface area contributed by atoms with E-state index in [0.717, 1.165) is 22.4 Å². The highest BCUT2D eigenvalue weighted by molar-refractivity contribution is 5.82. The Kier molecular flexibility index (Phi) is 3.16. The molecule has 1 saturated heterocycles. The lowest BCUT2D eigenvalue weighted by atomic mass is 9.88. The number of likely N-dealkylation sites (tertiary alicyclic amines) is 1. The first-order chi connectivity index (χ1) is 9.91. The van der Waals surface area contributed by atoms with Crippen LogP contribution in [0.15, 0.2) is 18.2 Å². The lowest BCUT2D eigenvalue weighted by Gasteiger charge is -2.38. The summed E-state index contributed by atoms with van der Waals surface area (Å²) >= 11 is 0. The molecule has 1 aliphatic heterocycles. The molecule has 6 heteroatoms. The molecule has 21 heavy (non-hydrogen) atoms. The van der Waals surface area contributed by atoms with Crippen LogP contribution < -0.4 is 0 Å². The van der Waals surface area contributed by atoms with Gasteiger partial charge in [-0.05, 0) is 42.5 Å². The topological polar surface area (TPSA) is 44.1 Å². The standard InChI is InChI=1S/C15H13F3N2O/c16-15(17,18)14(21)20-5-1-2-11-12-6-9(8-19)3-4-10(12)7-13(11)20/h3-4,6,11,13H,1-2,5,7H2/t11-,13+/m0/s1. The molecule has 1 aromatic rings. The van der Waals surface area contributed by atoms with E-state index in [0.29, 0.717) is 18.4 Å². The van der Waals surface area contributed by atoms with E-state index in [4.69, 9.17) is 5.26 Å². The molecule has 1 aliphatic carbocycles. The van der Waals surface area contributed by atoms with Gasteiger partial charge in [-0.3, -0.25) is 4.79 Å². The second-order valence-corrected chi connectivity index (χ2v) is 5.54. The van der Waals surface area contributed by atoms with Gasteiger partial charge < -0.3 is 4.90 Å². The number of carbonyl (C=O) groups excluding carboxylic acids is 1. The van der Waals surface area contributed by atoms with Gasteiger partial charge in [0.25, 0.3) is 0 Å². The monoisotopic (exact) mass is 294 g/mol. The van der Waals surface area contributed by atoms with Crippen LogP contribution in [0.3, 0.4) is 0 Å². The summed E-state index contributed by atoms with van der Waals surface area (Å²) in [7, 11) is 0. The maximum Gasteiger partial charge on any atom is 0.471 e. The van der Waals surface area contributed by atoms with E-state index in [-0.39, 0.29) is 12.5 Å². The largest absolute Gasteiger partial charge is 0.471 e. The maximum absolute atomic E-state index is 12.7. The van der Waals surface area contributed by atoms with Crippen molar-refractivity contribution < 1.29 is 18.0 Å². The van der Waals surface area contributed by atoms with Gasteiger partial charge >= 0.3 is 12.1 Å². The van der Waals surface area contributed by atoms with Crippen LogP contribution >= 0.6 is 0 Å². The van der Waals surface area contributed by atoms with Gasteiger partial charge in [-0.1, -0.05) is 6.07 Å². The van der Waals surface area contributed by atoms with Crippen LogP contribution in [0, 0.1) is 11.3 Å². The van der Waals surface area contributed by atoms with E-state index in [1.165, 1.54) is 0 Å². The number of benzene rings is 1. The number of piperidine rings is 1. The van der Waals surface area contributed by atoms with Gasteiger partial charge in [-0.15, -0.1) is 0 Å². The number of nitrogens with zero attached hydrogens (tertiary/aromatic N) is 2. The van der Waals surface area contributed by atoms with Gasteiger partial charge in [-0.2, -0.15) is 18.4 Å². The van der Waals surface area contributed by atoms with Crippen molar-refractivity contribution in [2.24, 2.45) is 0 Å². The minimum Gasteiger partial charge on any atom is -0.331 e. The maximum atomic E-state index is 12.7. The molecule has 0 saturated carbocycles. The fourth-order valence-electron chi connectivity index (χ4n) is 3.51. The SMILES string of the molecule is N#Cc1ccc2c(c1)[C@@H]1CCCN(C(=O)C(F)(F)F)[C@@H]1C2. The smallest absolute Gasteiger partial charge is 0.331 e. The third kappa shape index (κ3) is 2.27. The van der Waals surface area contributed by atoms with Crippen molar-refractivity contribution in [2.75, 3.05) is 6.54 Å². The van der Waals surface area contributed by atoms with Gasteiger partial charge in [-0.25, -0.2) is 0 Å². The first kappa shape index (κ1) is 13.9. The second-order valence-electron chi connectivity index (χ2n) is 5.54. The van der Waals surface area contributed by atoms with Crippen molar-refractivity contribution in [3.63, 3.8) is 0 Å². The molecule has 0 radical (unpaired) electrons. The number of hydrogen-bond acceptors (Lipinski definition) is 2. The molecule has 0 unspecified atom stereocenters. The fraction of sp³-hybridized carbons (Fsp3) is 0.467. The van der Waals surface area contributed by atoms with Crippen LogP contribution in [0.2, 0.25) is 0 Å². The zero-order chi connectivity index (χ0) is 15.2. The molecule has 1 heterocycles. The molecule has 110 valence electrons. The predicted molar refractivity (Wildman–Crippen MR) is 68.4 cm³/mol. The summed E-state index contributed by atoms with van der Waals surface area (Å²) in [5.74, 6) is -1.83. The van der Waals surface area contributed by atoms with Gasteiger partial charge in [0, 0.05) is 18.5 Å². The Labute approximate surface area is 120 Å². The zero-order valence-corrected chi connectivity index (χ0v) is 11.2. The normalized spacial score (nSPS) is 24.2. The van der Waals surface area contributed by atoms with E-state index in [9.17, 15) is 18.0 Å². The Hall–Kier alpha value is -2.03. The second kappa shape index (κ2) is 4.76. The van der Waals surface area contributed by atoms with E-state index in [2.05, 4.69) is 0 Å². The van der Waals surface area contributed by atoms with Crippen LogP contribution in [0.1, 0.15) is 35.4 Å². The van der Waals surface area contributed by atoms with E-state index in [1.54, 1.807) is 18.2 Å². The number of hydrogen-bond donors (Lipinski definition) is 0. The van der Waals surface area contributed by atoms with E-state index < -0.39 is 18.1 Å². The highest BCUT2D eigenvalue weighted by Gasteiger charge is 2.49. The summed E-state index contributed by atoms with van der Waals surface area (Å²) in [4.78, 5) is 12.6. The molecule has 0 N–H and O–H groups in total. The molecule has 1 amide bonds. The first-order valence-electron chi connectivity index (χ1n) is 6.82. The molecular weight excluding hydrogens is 281 g/mol. The van der Waals surface area contributed by atoms with Crippen LogP contribution in [0.5, 0.6) is 0 Å². The minimum absolute atomic E-state index is 0.0895. The molecule has 3 rings (SSSR count). The number of fused-ring (bicyclic) bond motifs is 3. The molecule has 1 fully saturated rings. The Balaban J connectivity index is 1.93. The van der Waals surface area contributed by atoms with Gasteiger partial charge in [0.05, 0.1) is 11.6 Å². The number of amides is 1. The molecule has 1 aromatic carbocycles. The summed E-state index contributed by atoms with van der Waals surface area (Å²) in [5, 5.41) is 8.95. The molecule has 2 atom stereocenters. The number of rotatable bonds is 0. The number of alkyl halides is 3. The van der Waals surface area contributed by atoms with E-state index in [1.807, 2.05) is 6.07 Å². The van der Waals surface area contributed by atoms with E-state index >= 15 is 0 Å². The van der Waals surface area contributed by atoms with Crippen molar-refractivity contribution in [2.45, 2.75) is 37.4 Å². The van der Waals surface area contributed by atoms with Crippen molar-refractivity contribution in [1.29, 1.82) is 5.26 Å². The van der Waals surface area contributed by atoms with Crippen LogP contribution in [-0.2, 0) is 11.2 Å². The molecular formula is C15H13F3N2O. The number of nitriles is 1. The van der Waals surface area contributed by atoms with Crippen molar-refractivity contribution in [1.82, 2.24) is 4.90 Å². The predicted octanol–water partition coefficient (Wildman–Crippen LogP) is 2.75. The van der Waals surface area contributed by atoms with Gasteiger partial charge in [0.2, 0.25) is 0 Å². The Bertz CT molecular complexity index is 633. The molecule has 3 nitrogen and oxygen atoms in total. The molecule has 2 aliphatic rings. The summed E-state index contributed by atoms with van der Waals surface area (Å²) in [5.41, 5.74) is 2.39. The average molecular weight is 294 g/mol. The highest BCUT2D eigenvalue weighted by Crippen LogP contribution is 2.43. The van der Waals surface area contributed by atoms with Gasteiger partial charge in [0.15, 0.2) is 0 Å². The van der Waals surface area contributed by atoms with Crippen LogP contribution in [0.25, 0.3) is 0 Å². The Morgan fingerprint density at radius 3 is 2.81 bits per heavy atom. The third-order valence-corrected chi connectivity index (χ3v) is 4.39. The third-order valence-electron chi connectivity index (χ3n) is 4.39. The Morgan fingerprint density at radius 1 is 1.38 bits per heavy atom. The first-order valence-corrected chi connectivity index (χ1v) is 6.82. The van der Waals surface area contributed by atoms with Gasteiger partial charge in [0.1, 0.15) is 0 Å². The lowest BCUT2D eigenvalue weighted by Crippen LogP contribution is -2.51. The molecule has 0 spiro atoms. The summed E-state index contributed by atoms with van der Waals surface area (Å²) in [6.07, 6.45) is -3.07. The summed E-state index contributed by atoms with van der Waals surface area (Å²) in [6, 6.07) is 6.83. The summed E-state index contributed by atoms with van der Waals surface area (Å²) in [6.45, 7) is 0.151. The number of halogens is 3. The van der Waals surface area contributed by atoms with Crippen molar-refractivity contribution in [3.05, 3.63) is 34.9 Å². The lowest BCUT2D eigenvalue weighted by molar-refractivity contribution is -0.189. The van der Waals surface area contributed by atoms with Crippen LogP contribution in [-0.4, -0.2) is 29.6 Å². The zero-order valence-electron chi connectivity index (χ0n) is 11.2. The highest BCUT2D eigenvalue weighted by atomic mass is 19.4. The minimum atomic E-state index is -4.82.